The van der Waals surface area contributed by atoms with Gasteiger partial charge in [-0.1, -0.05) is 35.9 Å². The fourth-order valence-corrected chi connectivity index (χ4v) is 2.86. The number of benzene rings is 2. The molecule has 2 aromatic heterocycles. The molecule has 0 radical (unpaired) electrons. The molecule has 0 fully saturated rings. The molecule has 4 rings (SSSR count). The van der Waals surface area contributed by atoms with Crippen LogP contribution in [-0.4, -0.2) is 15.4 Å². The quantitative estimate of drug-likeness (QED) is 0.534. The van der Waals surface area contributed by atoms with Gasteiger partial charge in [-0.2, -0.15) is 0 Å². The third-order valence-electron chi connectivity index (χ3n) is 4.17. The summed E-state index contributed by atoms with van der Waals surface area (Å²) in [6.45, 7) is 1.98. The fourth-order valence-electron chi connectivity index (χ4n) is 2.86. The van der Waals surface area contributed by atoms with Crippen molar-refractivity contribution in [1.82, 2.24) is 9.38 Å². The largest absolute Gasteiger partial charge is 0.324 e. The molecule has 0 unspecified atom stereocenters. The van der Waals surface area contributed by atoms with E-state index in [0.29, 0.717) is 28.4 Å². The average molecular weight is 360 g/mol. The van der Waals surface area contributed by atoms with Gasteiger partial charge in [-0.25, -0.2) is 14.2 Å². The SMILES string of the molecule is Cc1ccc(NC(=O)Nc2c(-c3cccc(F)c3)nc3ccccn23)cc1. The van der Waals surface area contributed by atoms with Gasteiger partial charge >= 0.3 is 6.03 Å². The zero-order valence-electron chi connectivity index (χ0n) is 14.6. The van der Waals surface area contributed by atoms with Crippen molar-refractivity contribution in [2.75, 3.05) is 10.6 Å². The van der Waals surface area contributed by atoms with Crippen molar-refractivity contribution in [3.63, 3.8) is 0 Å². The molecule has 2 aromatic carbocycles. The minimum atomic E-state index is -0.401. The molecule has 134 valence electrons. The number of halogens is 1. The Morgan fingerprint density at radius 2 is 1.81 bits per heavy atom. The Balaban J connectivity index is 1.70. The number of urea groups is 1. The minimum absolute atomic E-state index is 0.361. The number of aromatic nitrogens is 2. The zero-order chi connectivity index (χ0) is 18.8. The topological polar surface area (TPSA) is 58.4 Å². The number of fused-ring (bicyclic) bond motifs is 1. The maximum absolute atomic E-state index is 13.7. The van der Waals surface area contributed by atoms with Crippen molar-refractivity contribution in [3.8, 4) is 11.3 Å². The second-order valence-corrected chi connectivity index (χ2v) is 6.19. The standard InChI is InChI=1S/C21H17FN4O/c1-14-8-10-17(11-9-14)23-21(27)25-20-19(15-5-4-6-16(22)13-15)24-18-7-2-3-12-26(18)20/h2-13H,1H3,(H2,23,25,27). The Hall–Kier alpha value is -3.67. The summed E-state index contributed by atoms with van der Waals surface area (Å²) in [7, 11) is 0. The Morgan fingerprint density at radius 3 is 2.59 bits per heavy atom. The molecule has 2 heterocycles. The predicted molar refractivity (Wildman–Crippen MR) is 104 cm³/mol. The average Bonchev–Trinajstić information content (AvgIpc) is 3.02. The number of hydrogen-bond acceptors (Lipinski definition) is 2. The van der Waals surface area contributed by atoms with E-state index in [9.17, 15) is 9.18 Å². The van der Waals surface area contributed by atoms with E-state index >= 15 is 0 Å². The number of carbonyl (C=O) groups excluding carboxylic acids is 1. The number of anilines is 2. The highest BCUT2D eigenvalue weighted by atomic mass is 19.1. The molecular weight excluding hydrogens is 343 g/mol. The smallest absolute Gasteiger partial charge is 0.308 e. The number of rotatable bonds is 3. The van der Waals surface area contributed by atoms with Crippen LogP contribution >= 0.6 is 0 Å². The lowest BCUT2D eigenvalue weighted by Crippen LogP contribution is -2.20. The summed E-state index contributed by atoms with van der Waals surface area (Å²) in [4.78, 5) is 17.1. The molecule has 6 heteroatoms. The van der Waals surface area contributed by atoms with Crippen LogP contribution in [-0.2, 0) is 0 Å². The van der Waals surface area contributed by atoms with E-state index < -0.39 is 6.03 Å². The summed E-state index contributed by atoms with van der Waals surface area (Å²) in [5, 5.41) is 5.64. The monoisotopic (exact) mass is 360 g/mol. The predicted octanol–water partition coefficient (Wildman–Crippen LogP) is 5.09. The van der Waals surface area contributed by atoms with Crippen LogP contribution in [0.25, 0.3) is 16.9 Å². The highest BCUT2D eigenvalue weighted by molar-refractivity contribution is 6.01. The van der Waals surface area contributed by atoms with E-state index in [4.69, 9.17) is 0 Å². The van der Waals surface area contributed by atoms with E-state index in [1.807, 2.05) is 49.4 Å². The third kappa shape index (κ3) is 3.50. The third-order valence-corrected chi connectivity index (χ3v) is 4.17. The zero-order valence-corrected chi connectivity index (χ0v) is 14.6. The van der Waals surface area contributed by atoms with Gasteiger partial charge in [-0.3, -0.25) is 9.72 Å². The molecule has 0 saturated heterocycles. The fraction of sp³-hybridized carbons (Fsp3) is 0.0476. The molecule has 2 amide bonds. The Kier molecular flexibility index (Phi) is 4.30. The maximum Gasteiger partial charge on any atom is 0.324 e. The van der Waals surface area contributed by atoms with Crippen LogP contribution in [0.1, 0.15) is 5.56 Å². The van der Waals surface area contributed by atoms with Gasteiger partial charge in [-0.05, 0) is 43.3 Å². The van der Waals surface area contributed by atoms with Crippen molar-refractivity contribution in [3.05, 3.63) is 84.3 Å². The van der Waals surface area contributed by atoms with Gasteiger partial charge in [0.05, 0.1) is 0 Å². The van der Waals surface area contributed by atoms with E-state index in [0.717, 1.165) is 5.56 Å². The van der Waals surface area contributed by atoms with Crippen LogP contribution in [0.5, 0.6) is 0 Å². The molecule has 4 aromatic rings. The van der Waals surface area contributed by atoms with Gasteiger partial charge < -0.3 is 5.32 Å². The first-order valence-corrected chi connectivity index (χ1v) is 8.48. The van der Waals surface area contributed by atoms with Crippen molar-refractivity contribution in [1.29, 1.82) is 0 Å². The van der Waals surface area contributed by atoms with E-state index in [2.05, 4.69) is 15.6 Å². The first kappa shape index (κ1) is 16.8. The second-order valence-electron chi connectivity index (χ2n) is 6.19. The van der Waals surface area contributed by atoms with Gasteiger partial charge in [0.1, 0.15) is 23.0 Å². The van der Waals surface area contributed by atoms with Crippen LogP contribution in [0.15, 0.2) is 72.9 Å². The highest BCUT2D eigenvalue weighted by Crippen LogP contribution is 2.29. The number of pyridine rings is 1. The summed E-state index contributed by atoms with van der Waals surface area (Å²) in [6, 6.07) is 18.8. The lowest BCUT2D eigenvalue weighted by atomic mass is 10.1. The molecule has 0 aliphatic carbocycles. The van der Waals surface area contributed by atoms with Crippen LogP contribution in [0.3, 0.4) is 0 Å². The van der Waals surface area contributed by atoms with Crippen LogP contribution in [0.4, 0.5) is 20.7 Å². The Morgan fingerprint density at radius 1 is 1.00 bits per heavy atom. The van der Waals surface area contributed by atoms with Crippen molar-refractivity contribution < 1.29 is 9.18 Å². The van der Waals surface area contributed by atoms with Gasteiger partial charge in [0.2, 0.25) is 0 Å². The van der Waals surface area contributed by atoms with E-state index in [-0.39, 0.29) is 5.82 Å². The normalized spacial score (nSPS) is 10.7. The van der Waals surface area contributed by atoms with Crippen LogP contribution in [0.2, 0.25) is 0 Å². The number of amides is 2. The van der Waals surface area contributed by atoms with Crippen molar-refractivity contribution in [2.45, 2.75) is 6.92 Å². The number of hydrogen-bond donors (Lipinski definition) is 2. The first-order valence-electron chi connectivity index (χ1n) is 8.48. The molecule has 27 heavy (non-hydrogen) atoms. The summed E-state index contributed by atoms with van der Waals surface area (Å²) < 4.78 is 15.4. The van der Waals surface area contributed by atoms with Gasteiger partial charge in [0.25, 0.3) is 0 Å². The molecule has 0 bridgehead atoms. The van der Waals surface area contributed by atoms with Gasteiger partial charge in [0, 0.05) is 17.4 Å². The second kappa shape index (κ2) is 6.92. The van der Waals surface area contributed by atoms with Crippen LogP contribution < -0.4 is 10.6 Å². The first-order chi connectivity index (χ1) is 13.1. The lowest BCUT2D eigenvalue weighted by molar-refractivity contribution is 0.262. The summed E-state index contributed by atoms with van der Waals surface area (Å²) in [6.07, 6.45) is 1.80. The van der Waals surface area contributed by atoms with Crippen molar-refractivity contribution in [2.24, 2.45) is 0 Å². The molecule has 5 nitrogen and oxygen atoms in total. The molecule has 0 atom stereocenters. The number of carbonyl (C=O) groups is 1. The molecule has 0 saturated carbocycles. The van der Waals surface area contributed by atoms with Gasteiger partial charge in [-0.15, -0.1) is 0 Å². The summed E-state index contributed by atoms with van der Waals surface area (Å²) >= 11 is 0. The van der Waals surface area contributed by atoms with Gasteiger partial charge in [0.15, 0.2) is 0 Å². The molecular formula is C21H17FN4O. The highest BCUT2D eigenvalue weighted by Gasteiger charge is 2.16. The summed E-state index contributed by atoms with van der Waals surface area (Å²) in [5.74, 6) is 0.112. The lowest BCUT2D eigenvalue weighted by Gasteiger charge is -2.10. The number of nitrogens with zero attached hydrogens (tertiary/aromatic N) is 2. The molecule has 0 spiro atoms. The maximum atomic E-state index is 13.7. The Labute approximate surface area is 155 Å². The van der Waals surface area contributed by atoms with E-state index in [1.165, 1.54) is 12.1 Å². The molecule has 0 aliphatic rings. The molecule has 2 N–H and O–H groups in total. The minimum Gasteiger partial charge on any atom is -0.308 e. The number of aryl methyl sites for hydroxylation is 1. The number of nitrogens with one attached hydrogen (secondary N) is 2. The van der Waals surface area contributed by atoms with Crippen LogP contribution in [0, 0.1) is 12.7 Å². The Bertz CT molecular complexity index is 1120. The van der Waals surface area contributed by atoms with E-state index in [1.54, 1.807) is 22.7 Å². The summed E-state index contributed by atoms with van der Waals surface area (Å²) in [5.41, 5.74) is 3.53. The van der Waals surface area contributed by atoms with Crippen molar-refractivity contribution >= 4 is 23.2 Å². The molecule has 0 aliphatic heterocycles. The number of imidazole rings is 1.